The molecule has 1 aromatic heterocycles. The predicted octanol–water partition coefficient (Wildman–Crippen LogP) is 3.87. The Morgan fingerprint density at radius 1 is 1.34 bits per heavy atom. The van der Waals surface area contributed by atoms with Crippen molar-refractivity contribution in [2.24, 2.45) is 0 Å². The summed E-state index contributed by atoms with van der Waals surface area (Å²) in [5, 5.41) is 14.6. The van der Waals surface area contributed by atoms with E-state index in [2.05, 4.69) is 11.7 Å². The normalized spacial score (nSPS) is 13.6. The highest BCUT2D eigenvalue weighted by Gasteiger charge is 2.36. The van der Waals surface area contributed by atoms with Crippen LogP contribution in [0.5, 0.6) is 0 Å². The Kier molecular flexibility index (Phi) is 4.08. The summed E-state index contributed by atoms with van der Waals surface area (Å²) < 4.78 is 39.7. The van der Waals surface area contributed by atoms with Gasteiger partial charge in [0.1, 0.15) is 5.69 Å². The fourth-order valence-electron chi connectivity index (χ4n) is 3.56. The average Bonchev–Trinajstić information content (AvgIpc) is 3.23. The first kappa shape index (κ1) is 18.6. The molecule has 29 heavy (non-hydrogen) atoms. The number of hydrogen-bond donors (Lipinski definition) is 2. The average molecular weight is 397 g/mol. The van der Waals surface area contributed by atoms with Gasteiger partial charge in [-0.25, -0.2) is 0 Å². The van der Waals surface area contributed by atoms with Gasteiger partial charge in [0.05, 0.1) is 23.7 Å². The summed E-state index contributed by atoms with van der Waals surface area (Å²) in [6.45, 7) is 3.84. The van der Waals surface area contributed by atoms with Crippen LogP contribution in [0.2, 0.25) is 0 Å². The molecule has 146 valence electrons. The highest BCUT2D eigenvalue weighted by Crippen LogP contribution is 2.39. The van der Waals surface area contributed by atoms with Crippen molar-refractivity contribution in [3.63, 3.8) is 0 Å². The monoisotopic (exact) mass is 397 g/mol. The molecule has 0 atom stereocenters. The maximum atomic E-state index is 13.2. The fourth-order valence-corrected chi connectivity index (χ4v) is 3.56. The van der Waals surface area contributed by atoms with Gasteiger partial charge in [0.15, 0.2) is 0 Å². The number of nitrogen functional groups attached to an aromatic ring is 1. The number of H-pyrrole nitrogens is 1. The van der Waals surface area contributed by atoms with Crippen LogP contribution in [0.4, 0.5) is 18.9 Å². The molecule has 1 amide bonds. The molecule has 0 spiro atoms. The van der Waals surface area contributed by atoms with Crippen molar-refractivity contribution in [2.45, 2.75) is 12.7 Å². The van der Waals surface area contributed by atoms with Crippen molar-refractivity contribution < 1.29 is 18.0 Å². The number of carbonyl (C=O) groups is 1. The van der Waals surface area contributed by atoms with Gasteiger partial charge in [-0.3, -0.25) is 9.89 Å². The van der Waals surface area contributed by atoms with Crippen molar-refractivity contribution in [3.8, 4) is 17.2 Å². The summed E-state index contributed by atoms with van der Waals surface area (Å²) in [7, 11) is 0. The quantitative estimate of drug-likeness (QED) is 0.518. The van der Waals surface area contributed by atoms with Gasteiger partial charge < -0.3 is 10.6 Å². The molecule has 0 unspecified atom stereocenters. The van der Waals surface area contributed by atoms with Crippen LogP contribution in [-0.4, -0.2) is 27.5 Å². The summed E-state index contributed by atoms with van der Waals surface area (Å²) >= 11 is 0. The number of fused-ring (bicyclic) bond motifs is 2. The lowest BCUT2D eigenvalue weighted by Gasteiger charge is -2.14. The number of anilines is 1. The zero-order valence-corrected chi connectivity index (χ0v) is 15.0. The molecule has 0 radical (unpaired) electrons. The van der Waals surface area contributed by atoms with Gasteiger partial charge >= 0.3 is 6.18 Å². The third-order valence-corrected chi connectivity index (χ3v) is 4.88. The first-order valence-corrected chi connectivity index (χ1v) is 8.55. The Bertz CT molecular complexity index is 1220. The third kappa shape index (κ3) is 2.99. The number of carbonyl (C=O) groups excluding carboxylic acids is 1. The molecule has 0 aliphatic carbocycles. The van der Waals surface area contributed by atoms with Crippen LogP contribution in [0.1, 0.15) is 21.6 Å². The van der Waals surface area contributed by atoms with Crippen molar-refractivity contribution in [1.82, 2.24) is 15.1 Å². The number of aromatic amines is 1. The lowest BCUT2D eigenvalue weighted by atomic mass is 9.95. The second kappa shape index (κ2) is 6.38. The Labute approximate surface area is 163 Å². The van der Waals surface area contributed by atoms with E-state index in [-0.39, 0.29) is 41.2 Å². The summed E-state index contributed by atoms with van der Waals surface area (Å²) in [5.74, 6) is -0.337. The van der Waals surface area contributed by atoms with Crippen LogP contribution in [-0.2, 0) is 12.7 Å². The minimum Gasteiger partial charge on any atom is -0.398 e. The molecule has 0 bridgehead atoms. The van der Waals surface area contributed by atoms with E-state index in [4.69, 9.17) is 11.0 Å². The highest BCUT2D eigenvalue weighted by molar-refractivity contribution is 6.05. The van der Waals surface area contributed by atoms with Crippen molar-refractivity contribution in [3.05, 3.63) is 59.3 Å². The largest absolute Gasteiger partial charge is 0.433 e. The zero-order valence-electron chi connectivity index (χ0n) is 15.0. The summed E-state index contributed by atoms with van der Waals surface area (Å²) in [6.07, 6.45) is -4.57. The Balaban J connectivity index is 1.84. The Morgan fingerprint density at radius 2 is 2.10 bits per heavy atom. The number of alkyl halides is 3. The van der Waals surface area contributed by atoms with Crippen LogP contribution in [0.15, 0.2) is 42.5 Å². The molecule has 0 saturated heterocycles. The number of nitrogens with one attached hydrogen (secondary N) is 1. The summed E-state index contributed by atoms with van der Waals surface area (Å²) in [6, 6.07) is 9.67. The summed E-state index contributed by atoms with van der Waals surface area (Å²) in [4.78, 5) is 14.2. The second-order valence-electron chi connectivity index (χ2n) is 6.76. The SMILES string of the molecule is C=C(C#N)CN1Cc2c(-c3ccc4n[nH]c(C(F)(F)F)c4c3)ccc(N)c2C1=O. The minimum atomic E-state index is -4.57. The molecule has 0 fully saturated rings. The van der Waals surface area contributed by atoms with Crippen molar-refractivity contribution in [1.29, 1.82) is 5.26 Å². The number of rotatable bonds is 3. The van der Waals surface area contributed by atoms with Gasteiger partial charge in [-0.2, -0.15) is 23.5 Å². The highest BCUT2D eigenvalue weighted by atomic mass is 19.4. The zero-order chi connectivity index (χ0) is 20.9. The van der Waals surface area contributed by atoms with Crippen molar-refractivity contribution in [2.75, 3.05) is 12.3 Å². The molecule has 1 aliphatic heterocycles. The topological polar surface area (TPSA) is 98.8 Å². The van der Waals surface area contributed by atoms with Crippen LogP contribution in [0.25, 0.3) is 22.0 Å². The standard InChI is InChI=1S/C20H14F3N5O/c1-10(7-24)8-28-9-14-12(3-4-15(25)17(14)19(28)29)11-2-5-16-13(6-11)18(27-26-16)20(21,22)23/h2-6H,1,8-9,25H2,(H,26,27). The van der Waals surface area contributed by atoms with E-state index in [1.165, 1.54) is 17.0 Å². The smallest absolute Gasteiger partial charge is 0.398 e. The van der Waals surface area contributed by atoms with Gasteiger partial charge in [0, 0.05) is 23.2 Å². The first-order valence-electron chi connectivity index (χ1n) is 8.55. The number of halogens is 3. The molecule has 2 heterocycles. The number of nitriles is 1. The van der Waals surface area contributed by atoms with Crippen LogP contribution in [0, 0.1) is 11.3 Å². The maximum Gasteiger partial charge on any atom is 0.433 e. The van der Waals surface area contributed by atoms with E-state index in [1.807, 2.05) is 11.2 Å². The lowest BCUT2D eigenvalue weighted by Crippen LogP contribution is -2.26. The van der Waals surface area contributed by atoms with E-state index in [1.54, 1.807) is 18.2 Å². The Morgan fingerprint density at radius 3 is 2.79 bits per heavy atom. The van der Waals surface area contributed by atoms with E-state index in [9.17, 15) is 18.0 Å². The minimum absolute atomic E-state index is 0.0559. The van der Waals surface area contributed by atoms with E-state index < -0.39 is 11.9 Å². The van der Waals surface area contributed by atoms with Gasteiger partial charge in [-0.05, 0) is 34.9 Å². The van der Waals surface area contributed by atoms with E-state index >= 15 is 0 Å². The van der Waals surface area contributed by atoms with Gasteiger partial charge in [0.25, 0.3) is 5.91 Å². The van der Waals surface area contributed by atoms with Gasteiger partial charge in [-0.15, -0.1) is 0 Å². The molecule has 2 aromatic carbocycles. The van der Waals surface area contributed by atoms with Gasteiger partial charge in [0.2, 0.25) is 0 Å². The fraction of sp³-hybridized carbons (Fsp3) is 0.150. The molecular weight excluding hydrogens is 383 g/mol. The number of benzene rings is 2. The first-order chi connectivity index (χ1) is 13.7. The third-order valence-electron chi connectivity index (χ3n) is 4.88. The number of aromatic nitrogens is 2. The number of amides is 1. The van der Waals surface area contributed by atoms with Crippen molar-refractivity contribution >= 4 is 22.5 Å². The molecule has 1 aliphatic rings. The molecule has 9 heteroatoms. The number of nitrogens with zero attached hydrogens (tertiary/aromatic N) is 3. The molecule has 3 aromatic rings. The Hall–Kier alpha value is -3.80. The van der Waals surface area contributed by atoms with Crippen LogP contribution >= 0.6 is 0 Å². The second-order valence-corrected chi connectivity index (χ2v) is 6.76. The van der Waals surface area contributed by atoms with Crippen LogP contribution < -0.4 is 5.73 Å². The molecule has 3 N–H and O–H groups in total. The number of nitrogens with two attached hydrogens (primary N) is 1. The molecule has 4 rings (SSSR count). The van der Waals surface area contributed by atoms with E-state index in [0.717, 1.165) is 0 Å². The molecule has 6 nitrogen and oxygen atoms in total. The summed E-state index contributed by atoms with van der Waals surface area (Å²) in [5.41, 5.74) is 7.78. The van der Waals surface area contributed by atoms with E-state index in [0.29, 0.717) is 22.3 Å². The predicted molar refractivity (Wildman–Crippen MR) is 100 cm³/mol. The maximum absolute atomic E-state index is 13.2. The lowest BCUT2D eigenvalue weighted by molar-refractivity contribution is -0.139. The molecule has 0 saturated carbocycles. The van der Waals surface area contributed by atoms with Crippen LogP contribution in [0.3, 0.4) is 0 Å². The van der Waals surface area contributed by atoms with Gasteiger partial charge in [-0.1, -0.05) is 18.7 Å². The molecular formula is C20H14F3N5O. The number of hydrogen-bond acceptors (Lipinski definition) is 4.